The third-order valence-corrected chi connectivity index (χ3v) is 4.36. The van der Waals surface area contributed by atoms with E-state index in [2.05, 4.69) is 5.32 Å². The average molecular weight is 404 g/mol. The van der Waals surface area contributed by atoms with Gasteiger partial charge in [0.25, 0.3) is 5.91 Å². The Kier molecular flexibility index (Phi) is 11.8. The molecule has 0 radical (unpaired) electrons. The second-order valence-corrected chi connectivity index (χ2v) is 7.22. The Hall–Kier alpha value is -1.56. The summed E-state index contributed by atoms with van der Waals surface area (Å²) in [5.74, 6) is -0.283. The van der Waals surface area contributed by atoms with Crippen molar-refractivity contribution in [2.75, 3.05) is 52.7 Å². The lowest BCUT2D eigenvalue weighted by molar-refractivity contribution is 0.0141. The lowest BCUT2D eigenvalue weighted by Crippen LogP contribution is -2.25. The first kappa shape index (κ1) is 23.5. The van der Waals surface area contributed by atoms with Crippen molar-refractivity contribution in [3.05, 3.63) is 29.8 Å². The van der Waals surface area contributed by atoms with Gasteiger partial charge in [0.05, 0.1) is 31.3 Å². The summed E-state index contributed by atoms with van der Waals surface area (Å²) in [6.45, 7) is 4.26. The first-order chi connectivity index (χ1) is 12.9. The fraction of sp³-hybridized carbons (Fsp3) is 0.588. The minimum absolute atomic E-state index is 0.0307. The van der Waals surface area contributed by atoms with Crippen molar-refractivity contribution in [2.45, 2.75) is 17.7 Å². The minimum atomic E-state index is -3.76. The van der Waals surface area contributed by atoms with Gasteiger partial charge in [-0.05, 0) is 43.7 Å². The zero-order valence-corrected chi connectivity index (χ0v) is 16.2. The van der Waals surface area contributed by atoms with E-state index in [9.17, 15) is 13.2 Å². The highest BCUT2D eigenvalue weighted by Crippen LogP contribution is 2.08. The number of sulfonamides is 1. The molecule has 10 heteroatoms. The van der Waals surface area contributed by atoms with Crippen molar-refractivity contribution in [1.82, 2.24) is 5.32 Å². The SMILES string of the molecule is NCCCOCCOCCOCCCNC(=O)c1ccc(S(N)(=O)=O)cc1. The summed E-state index contributed by atoms with van der Waals surface area (Å²) in [6.07, 6.45) is 1.50. The smallest absolute Gasteiger partial charge is 0.251 e. The number of nitrogens with two attached hydrogens (primary N) is 2. The second-order valence-electron chi connectivity index (χ2n) is 5.66. The van der Waals surface area contributed by atoms with E-state index >= 15 is 0 Å². The van der Waals surface area contributed by atoms with Gasteiger partial charge >= 0.3 is 0 Å². The van der Waals surface area contributed by atoms with E-state index in [4.69, 9.17) is 25.1 Å². The summed E-state index contributed by atoms with van der Waals surface area (Å²) in [6, 6.07) is 5.44. The Morgan fingerprint density at radius 3 is 1.93 bits per heavy atom. The molecule has 0 aliphatic carbocycles. The number of carbonyl (C=O) groups excluding carboxylic acids is 1. The van der Waals surface area contributed by atoms with Crippen LogP contribution >= 0.6 is 0 Å². The van der Waals surface area contributed by atoms with Gasteiger partial charge in [-0.3, -0.25) is 4.79 Å². The van der Waals surface area contributed by atoms with Crippen molar-refractivity contribution >= 4 is 15.9 Å². The van der Waals surface area contributed by atoms with Crippen LogP contribution < -0.4 is 16.2 Å². The van der Waals surface area contributed by atoms with Crippen LogP contribution in [0.1, 0.15) is 23.2 Å². The predicted molar refractivity (Wildman–Crippen MR) is 101 cm³/mol. The molecule has 0 fully saturated rings. The van der Waals surface area contributed by atoms with Crippen LogP contribution in [0.5, 0.6) is 0 Å². The van der Waals surface area contributed by atoms with Crippen LogP contribution in [0, 0.1) is 0 Å². The Morgan fingerprint density at radius 2 is 1.41 bits per heavy atom. The van der Waals surface area contributed by atoms with Gasteiger partial charge in [0.1, 0.15) is 0 Å². The quantitative estimate of drug-likeness (QED) is 0.346. The fourth-order valence-corrected chi connectivity index (χ4v) is 2.52. The molecule has 5 N–H and O–H groups in total. The molecule has 1 amide bonds. The number of carbonyl (C=O) groups is 1. The van der Waals surface area contributed by atoms with Crippen molar-refractivity contribution in [2.24, 2.45) is 10.9 Å². The maximum Gasteiger partial charge on any atom is 0.251 e. The molecule has 0 heterocycles. The van der Waals surface area contributed by atoms with Crippen molar-refractivity contribution in [3.63, 3.8) is 0 Å². The van der Waals surface area contributed by atoms with Crippen LogP contribution in [-0.2, 0) is 24.2 Å². The summed E-state index contributed by atoms with van der Waals surface area (Å²) in [7, 11) is -3.76. The molecule has 0 aromatic heterocycles. The number of primary sulfonamides is 1. The van der Waals surface area contributed by atoms with Crippen LogP contribution in [-0.4, -0.2) is 67.1 Å². The molecule has 9 nitrogen and oxygen atoms in total. The number of hydrogen-bond acceptors (Lipinski definition) is 7. The number of rotatable bonds is 15. The molecule has 0 saturated carbocycles. The first-order valence-electron chi connectivity index (χ1n) is 8.79. The lowest BCUT2D eigenvalue weighted by Gasteiger charge is -2.08. The van der Waals surface area contributed by atoms with Crippen LogP contribution in [0.15, 0.2) is 29.2 Å². The Labute approximate surface area is 160 Å². The van der Waals surface area contributed by atoms with E-state index in [-0.39, 0.29) is 10.8 Å². The maximum atomic E-state index is 11.9. The number of nitrogens with one attached hydrogen (secondary N) is 1. The zero-order chi connectivity index (χ0) is 20.0. The fourth-order valence-electron chi connectivity index (χ4n) is 2.00. The normalized spacial score (nSPS) is 11.5. The van der Waals surface area contributed by atoms with Crippen LogP contribution in [0.25, 0.3) is 0 Å². The molecule has 0 bridgehead atoms. The number of amides is 1. The van der Waals surface area contributed by atoms with Gasteiger partial charge in [0, 0.05) is 25.3 Å². The molecule has 1 aromatic carbocycles. The number of hydrogen-bond donors (Lipinski definition) is 3. The number of benzene rings is 1. The standard InChI is InChI=1S/C17H29N3O6S/c18-7-1-9-24-11-13-26-14-12-25-10-2-8-20-17(21)15-3-5-16(6-4-15)27(19,22)23/h3-6H,1-2,7-14,18H2,(H,20,21)(H2,19,22,23). The lowest BCUT2D eigenvalue weighted by atomic mass is 10.2. The molecule has 1 aromatic rings. The molecule has 1 rings (SSSR count). The molecule has 0 aliphatic heterocycles. The predicted octanol–water partition coefficient (Wildman–Crippen LogP) is -0.147. The van der Waals surface area contributed by atoms with E-state index in [0.29, 0.717) is 64.7 Å². The molecule has 154 valence electrons. The summed E-state index contributed by atoms with van der Waals surface area (Å²) >= 11 is 0. The molecule has 27 heavy (non-hydrogen) atoms. The molecular weight excluding hydrogens is 374 g/mol. The van der Waals surface area contributed by atoms with E-state index < -0.39 is 10.0 Å². The highest BCUT2D eigenvalue weighted by Gasteiger charge is 2.09. The molecule has 0 aliphatic rings. The highest BCUT2D eigenvalue weighted by molar-refractivity contribution is 7.89. The van der Waals surface area contributed by atoms with E-state index in [0.717, 1.165) is 6.42 Å². The van der Waals surface area contributed by atoms with Crippen molar-refractivity contribution in [3.8, 4) is 0 Å². The largest absolute Gasteiger partial charge is 0.379 e. The van der Waals surface area contributed by atoms with Gasteiger partial charge in [-0.1, -0.05) is 0 Å². The zero-order valence-electron chi connectivity index (χ0n) is 15.4. The summed E-state index contributed by atoms with van der Waals surface area (Å²) < 4.78 is 38.4. The Morgan fingerprint density at radius 1 is 0.889 bits per heavy atom. The van der Waals surface area contributed by atoms with E-state index in [1.54, 1.807) is 0 Å². The summed E-state index contributed by atoms with van der Waals surface area (Å²) in [4.78, 5) is 11.9. The van der Waals surface area contributed by atoms with Gasteiger partial charge in [-0.2, -0.15) is 0 Å². The van der Waals surface area contributed by atoms with Gasteiger partial charge < -0.3 is 25.3 Å². The number of ether oxygens (including phenoxy) is 3. The average Bonchev–Trinajstić information content (AvgIpc) is 2.64. The van der Waals surface area contributed by atoms with E-state index in [1.807, 2.05) is 0 Å². The first-order valence-corrected chi connectivity index (χ1v) is 10.3. The monoisotopic (exact) mass is 403 g/mol. The summed E-state index contributed by atoms with van der Waals surface area (Å²) in [5.41, 5.74) is 5.72. The maximum absolute atomic E-state index is 11.9. The highest BCUT2D eigenvalue weighted by atomic mass is 32.2. The third-order valence-electron chi connectivity index (χ3n) is 3.43. The van der Waals surface area contributed by atoms with E-state index in [1.165, 1.54) is 24.3 Å². The van der Waals surface area contributed by atoms with Crippen LogP contribution in [0.4, 0.5) is 0 Å². The molecule has 0 spiro atoms. The van der Waals surface area contributed by atoms with Crippen LogP contribution in [0.3, 0.4) is 0 Å². The van der Waals surface area contributed by atoms with Gasteiger partial charge in [-0.15, -0.1) is 0 Å². The molecule has 0 saturated heterocycles. The topological polar surface area (TPSA) is 143 Å². The molecular formula is C17H29N3O6S. The van der Waals surface area contributed by atoms with Crippen molar-refractivity contribution in [1.29, 1.82) is 0 Å². The minimum Gasteiger partial charge on any atom is -0.379 e. The Bertz CT molecular complexity index is 637. The van der Waals surface area contributed by atoms with Crippen LogP contribution in [0.2, 0.25) is 0 Å². The van der Waals surface area contributed by atoms with Crippen molar-refractivity contribution < 1.29 is 27.4 Å². The molecule has 0 atom stereocenters. The van der Waals surface area contributed by atoms with Gasteiger partial charge in [0.2, 0.25) is 10.0 Å². The summed E-state index contributed by atoms with van der Waals surface area (Å²) in [5, 5.41) is 7.75. The third kappa shape index (κ3) is 11.0. The van der Waals surface area contributed by atoms with Gasteiger partial charge in [-0.25, -0.2) is 13.6 Å². The molecule has 0 unspecified atom stereocenters. The Balaban J connectivity index is 2.01. The van der Waals surface area contributed by atoms with Gasteiger partial charge in [0.15, 0.2) is 0 Å². The second kappa shape index (κ2) is 13.6.